The maximum atomic E-state index is 12.7. The van der Waals surface area contributed by atoms with Gasteiger partial charge in [0.2, 0.25) is 0 Å². The molecule has 152 valence electrons. The first-order valence-electron chi connectivity index (χ1n) is 9.31. The second-order valence-corrected chi connectivity index (χ2v) is 7.41. The second-order valence-electron chi connectivity index (χ2n) is 7.41. The molecule has 0 bridgehead atoms. The molecule has 28 heavy (non-hydrogen) atoms. The molecule has 8 heteroatoms. The minimum atomic E-state index is -4.31. The van der Waals surface area contributed by atoms with Crippen LogP contribution in [-0.4, -0.2) is 51.7 Å². The molecule has 1 aromatic carbocycles. The van der Waals surface area contributed by atoms with Gasteiger partial charge in [0.15, 0.2) is 5.69 Å². The fourth-order valence-corrected chi connectivity index (χ4v) is 3.53. The Hall–Kier alpha value is -2.35. The van der Waals surface area contributed by atoms with Gasteiger partial charge in [0, 0.05) is 45.5 Å². The summed E-state index contributed by atoms with van der Waals surface area (Å²) < 4.78 is 39.7. The van der Waals surface area contributed by atoms with Crippen LogP contribution in [0.5, 0.6) is 0 Å². The number of aryl methyl sites for hydroxylation is 2. The molecule has 0 unspecified atom stereocenters. The molecule has 1 aliphatic heterocycles. The summed E-state index contributed by atoms with van der Waals surface area (Å²) in [5.74, 6) is -0.0788. The van der Waals surface area contributed by atoms with Gasteiger partial charge in [0.1, 0.15) is 0 Å². The molecular weight excluding hydrogens is 369 g/mol. The van der Waals surface area contributed by atoms with E-state index in [1.54, 1.807) is 15.6 Å². The summed E-state index contributed by atoms with van der Waals surface area (Å²) in [7, 11) is 3.62. The molecule has 1 amide bonds. The van der Waals surface area contributed by atoms with Crippen LogP contribution in [0.1, 0.15) is 40.2 Å². The number of piperidine rings is 1. The van der Waals surface area contributed by atoms with Crippen molar-refractivity contribution in [2.45, 2.75) is 38.5 Å². The first-order chi connectivity index (χ1) is 13.1. The van der Waals surface area contributed by atoms with Gasteiger partial charge in [-0.05, 0) is 43.5 Å². The van der Waals surface area contributed by atoms with E-state index in [-0.39, 0.29) is 11.9 Å². The Balaban J connectivity index is 1.53. The number of hydrogen-bond acceptors (Lipinski definition) is 3. The Labute approximate surface area is 162 Å². The van der Waals surface area contributed by atoms with Crippen LogP contribution in [0.15, 0.2) is 30.3 Å². The first-order valence-corrected chi connectivity index (χ1v) is 9.31. The van der Waals surface area contributed by atoms with Crippen molar-refractivity contribution in [2.24, 2.45) is 7.05 Å². The highest BCUT2D eigenvalue weighted by atomic mass is 19.4. The summed E-state index contributed by atoms with van der Waals surface area (Å²) in [6.45, 7) is 4.11. The van der Waals surface area contributed by atoms with E-state index in [2.05, 4.69) is 10.00 Å². The maximum Gasteiger partial charge on any atom is 0.416 e. The zero-order valence-electron chi connectivity index (χ0n) is 16.3. The Morgan fingerprint density at radius 3 is 2.32 bits per heavy atom. The van der Waals surface area contributed by atoms with Crippen LogP contribution in [0.3, 0.4) is 0 Å². The van der Waals surface area contributed by atoms with Crippen LogP contribution in [0.25, 0.3) is 0 Å². The molecule has 2 aromatic rings. The molecular formula is C20H25F3N4O. The molecule has 1 fully saturated rings. The molecule has 0 atom stereocenters. The standard InChI is InChI=1S/C20H25F3N4O/c1-14-12-18(24-26(14)3)19(28)25(2)17-8-10-27(11-9-17)13-15-4-6-16(7-5-15)20(21,22)23/h4-7,12,17H,8-11,13H2,1-3H3. The monoisotopic (exact) mass is 394 g/mol. The summed E-state index contributed by atoms with van der Waals surface area (Å²) in [5, 5.41) is 4.26. The molecule has 0 N–H and O–H groups in total. The molecule has 0 spiro atoms. The van der Waals surface area contributed by atoms with Crippen molar-refractivity contribution in [1.82, 2.24) is 19.6 Å². The lowest BCUT2D eigenvalue weighted by atomic mass is 10.0. The van der Waals surface area contributed by atoms with Crippen molar-refractivity contribution in [3.63, 3.8) is 0 Å². The van der Waals surface area contributed by atoms with E-state index in [0.717, 1.165) is 49.3 Å². The number of alkyl halides is 3. The molecule has 1 aliphatic rings. The van der Waals surface area contributed by atoms with E-state index in [0.29, 0.717) is 12.2 Å². The van der Waals surface area contributed by atoms with Crippen LogP contribution in [0.4, 0.5) is 13.2 Å². The number of rotatable bonds is 4. The van der Waals surface area contributed by atoms with Gasteiger partial charge in [-0.25, -0.2) is 0 Å². The van der Waals surface area contributed by atoms with Gasteiger partial charge < -0.3 is 4.90 Å². The van der Waals surface area contributed by atoms with Crippen molar-refractivity contribution < 1.29 is 18.0 Å². The smallest absolute Gasteiger partial charge is 0.337 e. The summed E-state index contributed by atoms with van der Waals surface area (Å²) in [4.78, 5) is 16.6. The third kappa shape index (κ3) is 4.55. The number of aromatic nitrogens is 2. The fraction of sp³-hybridized carbons (Fsp3) is 0.500. The number of likely N-dealkylation sites (tertiary alicyclic amines) is 1. The van der Waals surface area contributed by atoms with E-state index >= 15 is 0 Å². The lowest BCUT2D eigenvalue weighted by Crippen LogP contribution is -2.45. The fourth-order valence-electron chi connectivity index (χ4n) is 3.53. The van der Waals surface area contributed by atoms with E-state index in [4.69, 9.17) is 0 Å². The number of carbonyl (C=O) groups is 1. The lowest BCUT2D eigenvalue weighted by Gasteiger charge is -2.36. The Morgan fingerprint density at radius 2 is 1.82 bits per heavy atom. The van der Waals surface area contributed by atoms with Crippen LogP contribution in [0, 0.1) is 6.92 Å². The van der Waals surface area contributed by atoms with Crippen molar-refractivity contribution in [2.75, 3.05) is 20.1 Å². The van der Waals surface area contributed by atoms with Gasteiger partial charge in [-0.3, -0.25) is 14.4 Å². The van der Waals surface area contributed by atoms with Gasteiger partial charge in [0.05, 0.1) is 5.56 Å². The van der Waals surface area contributed by atoms with E-state index < -0.39 is 11.7 Å². The van der Waals surface area contributed by atoms with Gasteiger partial charge in [-0.2, -0.15) is 18.3 Å². The average Bonchev–Trinajstić information content (AvgIpc) is 2.99. The van der Waals surface area contributed by atoms with E-state index in [1.165, 1.54) is 12.1 Å². The predicted octanol–water partition coefficient (Wildman–Crippen LogP) is 3.48. The van der Waals surface area contributed by atoms with E-state index in [9.17, 15) is 18.0 Å². The van der Waals surface area contributed by atoms with Crippen LogP contribution < -0.4 is 0 Å². The zero-order valence-corrected chi connectivity index (χ0v) is 16.3. The number of amides is 1. The van der Waals surface area contributed by atoms with Crippen molar-refractivity contribution in [1.29, 1.82) is 0 Å². The van der Waals surface area contributed by atoms with Crippen molar-refractivity contribution in [3.8, 4) is 0 Å². The number of hydrogen-bond donors (Lipinski definition) is 0. The van der Waals surface area contributed by atoms with Gasteiger partial charge in [-0.15, -0.1) is 0 Å². The summed E-state index contributed by atoms with van der Waals surface area (Å²) in [5.41, 5.74) is 1.62. The molecule has 0 radical (unpaired) electrons. The second kappa shape index (κ2) is 7.95. The van der Waals surface area contributed by atoms with Crippen molar-refractivity contribution in [3.05, 3.63) is 52.8 Å². The Kier molecular flexibility index (Phi) is 5.79. The molecule has 5 nitrogen and oxygen atoms in total. The molecule has 1 aromatic heterocycles. The van der Waals surface area contributed by atoms with Crippen LogP contribution >= 0.6 is 0 Å². The summed E-state index contributed by atoms with van der Waals surface area (Å²) in [6, 6.07) is 7.26. The highest BCUT2D eigenvalue weighted by molar-refractivity contribution is 5.92. The minimum Gasteiger partial charge on any atom is -0.337 e. The molecule has 0 aliphatic carbocycles. The molecule has 0 saturated carbocycles. The quantitative estimate of drug-likeness (QED) is 0.797. The Morgan fingerprint density at radius 1 is 1.21 bits per heavy atom. The topological polar surface area (TPSA) is 41.4 Å². The Bertz CT molecular complexity index is 801. The van der Waals surface area contributed by atoms with Gasteiger partial charge in [0.25, 0.3) is 5.91 Å². The zero-order chi connectivity index (χ0) is 20.5. The number of halogens is 3. The SMILES string of the molecule is Cc1cc(C(=O)N(C)C2CCN(Cc3ccc(C(F)(F)F)cc3)CC2)nn1C. The maximum absolute atomic E-state index is 12.7. The number of benzene rings is 1. The van der Waals surface area contributed by atoms with Crippen molar-refractivity contribution >= 4 is 5.91 Å². The minimum absolute atomic E-state index is 0.0788. The average molecular weight is 394 g/mol. The lowest BCUT2D eigenvalue weighted by molar-refractivity contribution is -0.137. The summed E-state index contributed by atoms with van der Waals surface area (Å²) >= 11 is 0. The molecule has 2 heterocycles. The number of carbonyl (C=O) groups excluding carboxylic acids is 1. The van der Waals surface area contributed by atoms with E-state index in [1.807, 2.05) is 21.0 Å². The third-order valence-electron chi connectivity index (χ3n) is 5.45. The van der Waals surface area contributed by atoms with Gasteiger partial charge in [-0.1, -0.05) is 12.1 Å². The van der Waals surface area contributed by atoms with Crippen LogP contribution in [0.2, 0.25) is 0 Å². The first kappa shape index (κ1) is 20.4. The highest BCUT2D eigenvalue weighted by Gasteiger charge is 2.30. The summed E-state index contributed by atoms with van der Waals surface area (Å²) in [6.07, 6.45) is -2.65. The molecule has 1 saturated heterocycles. The van der Waals surface area contributed by atoms with Gasteiger partial charge >= 0.3 is 6.18 Å². The highest BCUT2D eigenvalue weighted by Crippen LogP contribution is 2.29. The van der Waals surface area contributed by atoms with Crippen LogP contribution in [-0.2, 0) is 19.8 Å². The third-order valence-corrected chi connectivity index (χ3v) is 5.45. The molecule has 3 rings (SSSR count). The largest absolute Gasteiger partial charge is 0.416 e. The number of nitrogens with zero attached hydrogens (tertiary/aromatic N) is 4. The normalized spacial score (nSPS) is 16.4. The predicted molar refractivity (Wildman–Crippen MR) is 99.8 cm³/mol.